The van der Waals surface area contributed by atoms with Crippen molar-refractivity contribution in [2.75, 3.05) is 0 Å². The number of rotatable bonds is 4. The van der Waals surface area contributed by atoms with Crippen molar-refractivity contribution in [2.45, 2.75) is 0 Å². The Kier molecular flexibility index (Phi) is 5.63. The largest absolute Gasteiger partial charge is 0.456 e. The van der Waals surface area contributed by atoms with Crippen molar-refractivity contribution >= 4 is 65.4 Å². The summed E-state index contributed by atoms with van der Waals surface area (Å²) in [6.45, 7) is 0. The summed E-state index contributed by atoms with van der Waals surface area (Å²) in [6.07, 6.45) is 0. The third-order valence-electron chi connectivity index (χ3n) is 10.1. The second kappa shape index (κ2) is 10.4. The molecule has 0 saturated carbocycles. The van der Waals surface area contributed by atoms with Crippen molar-refractivity contribution in [3.63, 3.8) is 0 Å². The second-order valence-corrected chi connectivity index (χ2v) is 13.0. The van der Waals surface area contributed by atoms with Gasteiger partial charge in [-0.1, -0.05) is 121 Å². The monoisotopic (exact) mass is 637 g/mol. The summed E-state index contributed by atoms with van der Waals surface area (Å²) in [6, 6.07) is 57.8. The van der Waals surface area contributed by atoms with Crippen molar-refractivity contribution in [3.8, 4) is 39.5 Å². The summed E-state index contributed by atoms with van der Waals surface area (Å²) < 4.78 is 8.73. The van der Waals surface area contributed by atoms with Crippen LogP contribution in [-0.4, -0.2) is 14.5 Å². The number of hydrogen-bond acceptors (Lipinski definition) is 3. The van der Waals surface area contributed by atoms with Crippen LogP contribution in [0.2, 0.25) is 0 Å². The molecule has 4 heteroatoms. The van der Waals surface area contributed by atoms with Crippen LogP contribution in [0.5, 0.6) is 0 Å². The minimum absolute atomic E-state index is 0.638. The predicted molar refractivity (Wildman–Crippen MR) is 206 cm³/mol. The van der Waals surface area contributed by atoms with Crippen LogP contribution in [0.25, 0.3) is 105 Å². The normalized spacial score (nSPS) is 12.0. The molecule has 0 aliphatic heterocycles. The summed E-state index contributed by atoms with van der Waals surface area (Å²) in [7, 11) is 0. The Balaban J connectivity index is 1.25. The summed E-state index contributed by atoms with van der Waals surface area (Å²) in [4.78, 5) is 10.8. The van der Waals surface area contributed by atoms with E-state index in [-0.39, 0.29) is 0 Å². The Hall–Kier alpha value is -6.78. The highest BCUT2D eigenvalue weighted by Gasteiger charge is 2.23. The summed E-state index contributed by atoms with van der Waals surface area (Å²) in [5.41, 5.74) is 11.4. The first-order valence-corrected chi connectivity index (χ1v) is 16.9. The van der Waals surface area contributed by atoms with E-state index in [0.29, 0.717) is 5.95 Å². The van der Waals surface area contributed by atoms with Crippen LogP contribution in [-0.2, 0) is 0 Å². The number of aromatic nitrogens is 3. The standard InChI is InChI=1S/C46H27N3O/c1-3-12-28(13-4-1)31-24-32(29-14-5-2-6-15-29)26-33(25-31)44-35-18-7-9-19-38(35)47-46(48-44)49-39-20-10-8-17-34(39)37-27-41-43-36(45(37)49)23-22-30-16-11-21-40(50-41)42(30)43/h1-27H. The molecule has 0 atom stereocenters. The molecule has 4 nitrogen and oxygen atoms in total. The van der Waals surface area contributed by atoms with Crippen molar-refractivity contribution in [1.29, 1.82) is 0 Å². The first-order chi connectivity index (χ1) is 24.8. The fourth-order valence-corrected chi connectivity index (χ4v) is 7.91. The molecule has 0 N–H and O–H groups in total. The van der Waals surface area contributed by atoms with Gasteiger partial charge in [-0.15, -0.1) is 0 Å². The van der Waals surface area contributed by atoms with E-state index >= 15 is 0 Å². The predicted octanol–water partition coefficient (Wildman–Crippen LogP) is 12.2. The van der Waals surface area contributed by atoms with E-state index in [9.17, 15) is 0 Å². The molecule has 0 amide bonds. The van der Waals surface area contributed by atoms with Crippen LogP contribution in [0.15, 0.2) is 168 Å². The third-order valence-corrected chi connectivity index (χ3v) is 10.1. The zero-order valence-corrected chi connectivity index (χ0v) is 26.8. The van der Waals surface area contributed by atoms with Crippen LogP contribution in [0.4, 0.5) is 0 Å². The minimum Gasteiger partial charge on any atom is -0.456 e. The van der Waals surface area contributed by atoms with Crippen molar-refractivity contribution in [1.82, 2.24) is 14.5 Å². The Morgan fingerprint density at radius 1 is 0.420 bits per heavy atom. The number of furan rings is 1. The molecule has 0 saturated heterocycles. The molecule has 0 unspecified atom stereocenters. The van der Waals surface area contributed by atoms with E-state index < -0.39 is 0 Å². The SMILES string of the molecule is c1ccc(-c2cc(-c3ccccc3)cc(-c3nc(-n4c5ccccc5c5cc6oc7cccc8ccc(c6c87)c54)nc4ccccc34)c2)cc1. The van der Waals surface area contributed by atoms with Gasteiger partial charge in [0.05, 0.1) is 22.2 Å². The molecule has 0 aliphatic rings. The van der Waals surface area contributed by atoms with E-state index in [1.54, 1.807) is 0 Å². The highest BCUT2D eigenvalue weighted by molar-refractivity contribution is 6.30. The summed E-state index contributed by atoms with van der Waals surface area (Å²) >= 11 is 0. The molecule has 232 valence electrons. The number of hydrogen-bond donors (Lipinski definition) is 0. The van der Waals surface area contributed by atoms with Gasteiger partial charge < -0.3 is 4.42 Å². The van der Waals surface area contributed by atoms with Crippen LogP contribution < -0.4 is 0 Å². The van der Waals surface area contributed by atoms with Gasteiger partial charge in [0.15, 0.2) is 0 Å². The lowest BCUT2D eigenvalue weighted by Crippen LogP contribution is -2.04. The van der Waals surface area contributed by atoms with Crippen LogP contribution >= 0.6 is 0 Å². The van der Waals surface area contributed by atoms with Crippen LogP contribution in [0.1, 0.15) is 0 Å². The fourth-order valence-electron chi connectivity index (χ4n) is 7.91. The molecule has 3 heterocycles. The molecule has 0 spiro atoms. The average Bonchev–Trinajstić information content (AvgIpc) is 3.73. The second-order valence-electron chi connectivity index (χ2n) is 13.0. The van der Waals surface area contributed by atoms with Gasteiger partial charge in [0, 0.05) is 37.9 Å². The number of benzene rings is 8. The third kappa shape index (κ3) is 3.93. The van der Waals surface area contributed by atoms with Crippen LogP contribution in [0, 0.1) is 0 Å². The molecular formula is C46H27N3O. The summed E-state index contributed by atoms with van der Waals surface area (Å²) in [5.74, 6) is 0.638. The van der Waals surface area contributed by atoms with Gasteiger partial charge in [0.1, 0.15) is 11.2 Å². The van der Waals surface area contributed by atoms with Gasteiger partial charge in [0.25, 0.3) is 0 Å². The lowest BCUT2D eigenvalue weighted by molar-refractivity contribution is 0.670. The van der Waals surface area contributed by atoms with Gasteiger partial charge in [0.2, 0.25) is 5.95 Å². The Morgan fingerprint density at radius 3 is 1.88 bits per heavy atom. The highest BCUT2D eigenvalue weighted by Crippen LogP contribution is 2.44. The van der Waals surface area contributed by atoms with Crippen molar-refractivity contribution in [2.24, 2.45) is 0 Å². The smallest absolute Gasteiger partial charge is 0.235 e. The van der Waals surface area contributed by atoms with Gasteiger partial charge >= 0.3 is 0 Å². The fraction of sp³-hybridized carbons (Fsp3) is 0. The first kappa shape index (κ1) is 27.2. The van der Waals surface area contributed by atoms with E-state index in [1.807, 2.05) is 0 Å². The Morgan fingerprint density at radius 2 is 1.10 bits per heavy atom. The average molecular weight is 638 g/mol. The van der Waals surface area contributed by atoms with Gasteiger partial charge in [-0.25, -0.2) is 9.97 Å². The molecule has 11 rings (SSSR count). The maximum Gasteiger partial charge on any atom is 0.235 e. The maximum absolute atomic E-state index is 6.48. The first-order valence-electron chi connectivity index (χ1n) is 16.9. The van der Waals surface area contributed by atoms with Crippen molar-refractivity contribution < 1.29 is 4.42 Å². The molecule has 0 fully saturated rings. The minimum atomic E-state index is 0.638. The molecule has 0 aliphatic carbocycles. The lowest BCUT2D eigenvalue weighted by atomic mass is 9.94. The van der Waals surface area contributed by atoms with Crippen molar-refractivity contribution in [3.05, 3.63) is 164 Å². The van der Waals surface area contributed by atoms with E-state index in [4.69, 9.17) is 14.4 Å². The molecule has 50 heavy (non-hydrogen) atoms. The zero-order chi connectivity index (χ0) is 32.8. The number of nitrogens with zero attached hydrogens (tertiary/aromatic N) is 3. The van der Waals surface area contributed by atoms with E-state index in [2.05, 4.69) is 168 Å². The Bertz CT molecular complexity index is 3030. The number of fused-ring (bicyclic) bond motifs is 5. The molecular weight excluding hydrogens is 611 g/mol. The molecule has 8 aromatic carbocycles. The molecule has 11 aromatic rings. The molecule has 0 bridgehead atoms. The van der Waals surface area contributed by atoms with Gasteiger partial charge in [-0.05, 0) is 70.1 Å². The zero-order valence-electron chi connectivity index (χ0n) is 26.8. The topological polar surface area (TPSA) is 43.9 Å². The quantitative estimate of drug-likeness (QED) is 0.180. The number of para-hydroxylation sites is 2. The summed E-state index contributed by atoms with van der Waals surface area (Å²) in [5, 5.41) is 7.86. The molecule has 3 aromatic heterocycles. The van der Waals surface area contributed by atoms with Crippen LogP contribution in [0.3, 0.4) is 0 Å². The van der Waals surface area contributed by atoms with E-state index in [1.165, 1.54) is 5.39 Å². The van der Waals surface area contributed by atoms with Gasteiger partial charge in [-0.3, -0.25) is 4.57 Å². The Labute approximate surface area is 286 Å². The lowest BCUT2D eigenvalue weighted by Gasteiger charge is -2.15. The van der Waals surface area contributed by atoms with Gasteiger partial charge in [-0.2, -0.15) is 0 Å². The maximum atomic E-state index is 6.48. The van der Waals surface area contributed by atoms with E-state index in [0.717, 1.165) is 93.5 Å². The highest BCUT2D eigenvalue weighted by atomic mass is 16.3. The molecule has 0 radical (unpaired) electrons.